The molecule has 3 nitrogen and oxygen atoms in total. The van der Waals surface area contributed by atoms with E-state index in [0.29, 0.717) is 11.3 Å². The van der Waals surface area contributed by atoms with Crippen molar-refractivity contribution in [2.24, 2.45) is 21.2 Å². The summed E-state index contributed by atoms with van der Waals surface area (Å²) in [6.45, 7) is 11.3. The van der Waals surface area contributed by atoms with E-state index < -0.39 is 0 Å². The number of aryl methyl sites for hydroxylation is 4. The topological polar surface area (TPSA) is 46.7 Å². The number of nitrogens with zero attached hydrogens (tertiary/aromatic N) is 2. The summed E-state index contributed by atoms with van der Waals surface area (Å²) in [4.78, 5) is 3.72. The molecule has 6 aliphatic carbocycles. The van der Waals surface area contributed by atoms with Crippen LogP contribution in [0.5, 0.6) is 5.75 Å². The Labute approximate surface area is 328 Å². The van der Waals surface area contributed by atoms with Gasteiger partial charge >= 0.3 is 143 Å². The molecule has 0 radical (unpaired) electrons. The van der Waals surface area contributed by atoms with Crippen LogP contribution in [-0.4, -0.2) is 15.0 Å². The van der Waals surface area contributed by atoms with Crippen LogP contribution >= 0.6 is 0 Å². The Morgan fingerprint density at radius 1 is 0.736 bits per heavy atom. The summed E-state index contributed by atoms with van der Waals surface area (Å²) in [5.41, 5.74) is 15.0. The Hall–Kier alpha value is -2.90. The molecule has 6 aliphatic rings. The number of hydrogen-bond acceptors (Lipinski definition) is 2. The first-order valence-electron chi connectivity index (χ1n) is 20.8. The third-order valence-electron chi connectivity index (χ3n) is 13.4. The molecule has 4 saturated carbocycles. The monoisotopic (exact) mass is 793 g/mol. The Kier molecular flexibility index (Phi) is 12.2. The summed E-state index contributed by atoms with van der Waals surface area (Å²) >= 11 is -0.353. The van der Waals surface area contributed by atoms with Gasteiger partial charge in [-0.25, -0.2) is 0 Å². The number of aromatic nitrogens is 1. The maximum absolute atomic E-state index is 10.8. The fraction of sp³-hybridized carbons (Fsp3) is 0.531. The Bertz CT molecular complexity index is 1790. The van der Waals surface area contributed by atoms with Gasteiger partial charge in [0.1, 0.15) is 5.75 Å². The third kappa shape index (κ3) is 8.98. The molecule has 1 aromatic heterocycles. The molecule has 53 heavy (non-hydrogen) atoms. The molecule has 0 aliphatic heterocycles. The minimum atomic E-state index is -0.353. The van der Waals surface area contributed by atoms with E-state index in [2.05, 4.69) is 86.5 Å². The second kappa shape index (κ2) is 16.9. The number of aromatic hydroxyl groups is 1. The van der Waals surface area contributed by atoms with E-state index in [9.17, 15) is 5.11 Å². The molecular formula is C49H63MoN2O-. The van der Waals surface area contributed by atoms with Crippen LogP contribution in [0.3, 0.4) is 0 Å². The molecule has 4 fully saturated rings. The van der Waals surface area contributed by atoms with Crippen molar-refractivity contribution < 1.29 is 23.0 Å². The van der Waals surface area contributed by atoms with Crippen molar-refractivity contribution in [3.05, 3.63) is 123 Å². The summed E-state index contributed by atoms with van der Waals surface area (Å²) in [6.07, 6.45) is 24.4. The minimum absolute atomic E-state index is 0.176. The molecule has 0 amide bonds. The Morgan fingerprint density at radius 3 is 1.83 bits per heavy atom. The van der Waals surface area contributed by atoms with E-state index in [1.807, 2.05) is 12.1 Å². The minimum Gasteiger partial charge on any atom is -0.670 e. The van der Waals surface area contributed by atoms with Gasteiger partial charge in [0.05, 0.1) is 0 Å². The van der Waals surface area contributed by atoms with Crippen molar-refractivity contribution in [2.45, 2.75) is 148 Å². The molecule has 4 bridgehead atoms. The molecule has 1 heterocycles. The molecule has 0 atom stereocenters. The number of phenolic OH excluding ortho intramolecular Hbond substituents is 1. The van der Waals surface area contributed by atoms with Crippen molar-refractivity contribution in [2.75, 3.05) is 0 Å². The van der Waals surface area contributed by atoms with Gasteiger partial charge in [-0.2, -0.15) is 12.4 Å². The smallest absolute Gasteiger partial charge is 0.121 e. The fourth-order valence-electron chi connectivity index (χ4n) is 10.9. The molecule has 282 valence electrons. The van der Waals surface area contributed by atoms with Gasteiger partial charge in [-0.05, 0) is 135 Å². The quantitative estimate of drug-likeness (QED) is 0.198. The van der Waals surface area contributed by atoms with Crippen LogP contribution in [0.1, 0.15) is 134 Å². The van der Waals surface area contributed by atoms with Crippen LogP contribution < -0.4 is 4.98 Å². The first kappa shape index (κ1) is 38.4. The predicted octanol–water partition coefficient (Wildman–Crippen LogP) is 11.5. The first-order chi connectivity index (χ1) is 25.6. The number of benzene rings is 3. The number of rotatable bonds is 6. The van der Waals surface area contributed by atoms with E-state index in [0.717, 1.165) is 42.6 Å². The van der Waals surface area contributed by atoms with Crippen molar-refractivity contribution in [3.8, 4) is 5.75 Å². The summed E-state index contributed by atoms with van der Waals surface area (Å²) in [5.74, 6) is 3.61. The second-order valence-corrected chi connectivity index (χ2v) is 19.4. The molecular weight excluding hydrogens is 728 g/mol. The van der Waals surface area contributed by atoms with E-state index in [1.165, 1.54) is 117 Å². The van der Waals surface area contributed by atoms with Crippen LogP contribution in [0, 0.1) is 38.5 Å². The van der Waals surface area contributed by atoms with Gasteiger partial charge in [0, 0.05) is 0 Å². The Morgan fingerprint density at radius 2 is 1.26 bits per heavy atom. The van der Waals surface area contributed by atoms with Crippen molar-refractivity contribution >= 4 is 4.40 Å². The predicted molar refractivity (Wildman–Crippen MR) is 218 cm³/mol. The van der Waals surface area contributed by atoms with Crippen LogP contribution in [-0.2, 0) is 61.9 Å². The van der Waals surface area contributed by atoms with Gasteiger partial charge in [-0.1, -0.05) is 24.3 Å². The normalized spacial score (nSPS) is 23.8. The standard InChI is InChI=1S/C25H32O.C10H15N.C10H12.C4H4N.Mo/c1-16-14-19-8-4-6-10-22(19)21(18(16)3)12-13-24-23-11-7-5-9-20(23)15-17(2)25(24)26;11-10-4-7-1-8(5-10)3-9(2-7)6-10;1-10(2,3)9-7-5-4-6-8-9;1-2-4-5-3-1;/h14-15,26H,4-13H2,1-3H3;7-9H,1-6H2;1,4-8H,2-3H3;1-4H;/q;;;-1;. The molecule has 4 aromatic rings. The van der Waals surface area contributed by atoms with E-state index in [1.54, 1.807) is 29.1 Å². The molecule has 0 unspecified atom stereocenters. The van der Waals surface area contributed by atoms with Gasteiger partial charge in [0.15, 0.2) is 0 Å². The molecule has 4 heteroatoms. The summed E-state index contributed by atoms with van der Waals surface area (Å²) in [7, 11) is 0. The van der Waals surface area contributed by atoms with Crippen molar-refractivity contribution in [1.82, 2.24) is 4.98 Å². The fourth-order valence-corrected chi connectivity index (χ4v) is 13.1. The molecule has 1 N–H and O–H groups in total. The zero-order valence-electron chi connectivity index (χ0n) is 33.2. The summed E-state index contributed by atoms with van der Waals surface area (Å²) in [6, 6.07) is 19.4. The van der Waals surface area contributed by atoms with E-state index >= 15 is 0 Å². The Balaban J connectivity index is 0.000000146. The van der Waals surface area contributed by atoms with Crippen molar-refractivity contribution in [1.29, 1.82) is 0 Å². The number of hydrogen-bond donors (Lipinski definition) is 1. The number of fused-ring (bicyclic) bond motifs is 2. The summed E-state index contributed by atoms with van der Waals surface area (Å²) < 4.78 is 7.96. The molecule has 3 aromatic carbocycles. The summed E-state index contributed by atoms with van der Waals surface area (Å²) in [5, 5.41) is 10.8. The van der Waals surface area contributed by atoms with Crippen LogP contribution in [0.2, 0.25) is 0 Å². The molecule has 0 spiro atoms. The zero-order valence-corrected chi connectivity index (χ0v) is 35.2. The largest absolute Gasteiger partial charge is 0.670 e. The van der Waals surface area contributed by atoms with Crippen LogP contribution in [0.4, 0.5) is 0 Å². The van der Waals surface area contributed by atoms with Crippen molar-refractivity contribution in [3.63, 3.8) is 0 Å². The number of phenols is 1. The van der Waals surface area contributed by atoms with Gasteiger partial charge in [-0.3, -0.25) is 0 Å². The third-order valence-corrected chi connectivity index (χ3v) is 16.4. The van der Waals surface area contributed by atoms with Crippen LogP contribution in [0.25, 0.3) is 0 Å². The van der Waals surface area contributed by atoms with Gasteiger partial charge in [0.2, 0.25) is 0 Å². The van der Waals surface area contributed by atoms with Gasteiger partial charge in [-0.15, -0.1) is 0 Å². The van der Waals surface area contributed by atoms with E-state index in [-0.39, 0.29) is 23.3 Å². The zero-order chi connectivity index (χ0) is 37.0. The van der Waals surface area contributed by atoms with Gasteiger partial charge in [0.25, 0.3) is 0 Å². The van der Waals surface area contributed by atoms with Crippen LogP contribution in [0.15, 0.2) is 70.5 Å². The SMILES string of the molecule is CC(C)([CH]=[Mo]=[N]C12CC3CC(CC(C3)C1)C2)c1ccccc1.Cc1cc2c(c(CCc3c(O)c(C)cc4c3CCCC4)c1C)CCCC2.c1cc[n-]c1. The second-order valence-electron chi connectivity index (χ2n) is 17.9. The average molecular weight is 792 g/mol. The van der Waals surface area contributed by atoms with Gasteiger partial charge < -0.3 is 10.1 Å². The average Bonchev–Trinajstić information content (AvgIpc) is 3.74. The maximum Gasteiger partial charge on any atom is 0.121 e. The van der Waals surface area contributed by atoms with E-state index in [4.69, 9.17) is 3.50 Å². The molecule has 0 saturated heterocycles. The molecule has 10 rings (SSSR count). The maximum atomic E-state index is 10.8. The first-order valence-corrected chi connectivity index (χ1v) is 22.9.